The van der Waals surface area contributed by atoms with Gasteiger partial charge in [0, 0.05) is 57.2 Å². The zero-order chi connectivity index (χ0) is 21.6. The molecule has 3 fully saturated rings. The van der Waals surface area contributed by atoms with E-state index < -0.39 is 6.04 Å². The van der Waals surface area contributed by atoms with Crippen LogP contribution < -0.4 is 10.6 Å². The Bertz CT molecular complexity index is 972. The normalized spacial score (nSPS) is 26.2. The number of hydrogen-bond donors (Lipinski definition) is 2. The fraction of sp³-hybridized carbons (Fsp3) is 0.565. The number of amides is 3. The van der Waals surface area contributed by atoms with E-state index in [0.717, 1.165) is 56.7 Å². The van der Waals surface area contributed by atoms with Crippen molar-refractivity contribution in [1.82, 2.24) is 20.4 Å². The molecule has 0 aromatic heterocycles. The highest BCUT2D eigenvalue weighted by Gasteiger charge is 2.45. The molecule has 4 aliphatic heterocycles. The van der Waals surface area contributed by atoms with Crippen molar-refractivity contribution >= 4 is 17.7 Å². The lowest BCUT2D eigenvalue weighted by atomic mass is 9.67. The molecule has 1 aromatic rings. The van der Waals surface area contributed by atoms with Crippen LogP contribution in [0.25, 0.3) is 0 Å². The summed E-state index contributed by atoms with van der Waals surface area (Å²) in [6, 6.07) is 7.82. The molecule has 0 spiro atoms. The zero-order valence-corrected chi connectivity index (χ0v) is 17.5. The van der Waals surface area contributed by atoms with Crippen LogP contribution in [-0.2, 0) is 22.7 Å². The van der Waals surface area contributed by atoms with Crippen molar-refractivity contribution in [3.63, 3.8) is 0 Å². The first-order valence-corrected chi connectivity index (χ1v) is 11.1. The van der Waals surface area contributed by atoms with Gasteiger partial charge in [-0.25, -0.2) is 0 Å². The van der Waals surface area contributed by atoms with Gasteiger partial charge >= 0.3 is 0 Å². The van der Waals surface area contributed by atoms with Crippen LogP contribution in [0.1, 0.15) is 47.2 Å². The van der Waals surface area contributed by atoms with Crippen LogP contribution in [0.5, 0.6) is 0 Å². The fourth-order valence-corrected chi connectivity index (χ4v) is 5.44. The molecule has 0 radical (unpaired) electrons. The number of nitriles is 1. The molecule has 8 nitrogen and oxygen atoms in total. The van der Waals surface area contributed by atoms with Gasteiger partial charge in [-0.1, -0.05) is 12.1 Å². The van der Waals surface area contributed by atoms with E-state index in [-0.39, 0.29) is 29.6 Å². The Morgan fingerprint density at radius 3 is 2.58 bits per heavy atom. The molecule has 1 atom stereocenters. The molecule has 1 aromatic carbocycles. The standard InChI is InChI=1S/C23H27N5O3/c24-14-23(16-10-25-11-16)6-8-27(9-7-23)12-15-2-1-3-17-18(15)13-28(22(17)31)19-4-5-20(29)26-21(19)30/h1-3,16,19,25H,4-13H2,(H,26,29,30). The first kappa shape index (κ1) is 20.2. The van der Waals surface area contributed by atoms with Crippen LogP contribution in [0.2, 0.25) is 0 Å². The van der Waals surface area contributed by atoms with Crippen molar-refractivity contribution in [1.29, 1.82) is 5.26 Å². The maximum absolute atomic E-state index is 13.0. The Balaban J connectivity index is 1.29. The Morgan fingerprint density at radius 1 is 1.16 bits per heavy atom. The van der Waals surface area contributed by atoms with E-state index in [0.29, 0.717) is 24.4 Å². The third-order valence-corrected chi connectivity index (χ3v) is 7.61. The lowest BCUT2D eigenvalue weighted by Gasteiger charge is -2.46. The summed E-state index contributed by atoms with van der Waals surface area (Å²) in [6.45, 7) is 4.78. The number of hydrogen-bond acceptors (Lipinski definition) is 6. The summed E-state index contributed by atoms with van der Waals surface area (Å²) >= 11 is 0. The minimum Gasteiger partial charge on any atom is -0.322 e. The summed E-state index contributed by atoms with van der Waals surface area (Å²) in [4.78, 5) is 40.8. The summed E-state index contributed by atoms with van der Waals surface area (Å²) in [5.74, 6) is -0.332. The Morgan fingerprint density at radius 2 is 1.94 bits per heavy atom. The van der Waals surface area contributed by atoms with Gasteiger partial charge in [0.2, 0.25) is 11.8 Å². The largest absolute Gasteiger partial charge is 0.322 e. The molecule has 3 amide bonds. The molecule has 1 unspecified atom stereocenters. The maximum Gasteiger partial charge on any atom is 0.255 e. The predicted octanol–water partition coefficient (Wildman–Crippen LogP) is 0.773. The lowest BCUT2D eigenvalue weighted by Crippen LogP contribution is -2.55. The van der Waals surface area contributed by atoms with Crippen LogP contribution in [0.3, 0.4) is 0 Å². The summed E-state index contributed by atoms with van der Waals surface area (Å²) in [5.41, 5.74) is 2.54. The number of nitrogens with zero attached hydrogens (tertiary/aromatic N) is 3. The van der Waals surface area contributed by atoms with E-state index in [9.17, 15) is 19.6 Å². The number of nitrogens with one attached hydrogen (secondary N) is 2. The molecule has 4 heterocycles. The fourth-order valence-electron chi connectivity index (χ4n) is 5.44. The summed E-state index contributed by atoms with van der Waals surface area (Å²) in [6.07, 6.45) is 2.39. The molecule has 0 aliphatic carbocycles. The van der Waals surface area contributed by atoms with Crippen molar-refractivity contribution in [2.45, 2.75) is 44.8 Å². The van der Waals surface area contributed by atoms with E-state index in [1.54, 1.807) is 4.90 Å². The van der Waals surface area contributed by atoms with Crippen LogP contribution in [0.15, 0.2) is 18.2 Å². The van der Waals surface area contributed by atoms with Gasteiger partial charge in [-0.3, -0.25) is 24.6 Å². The molecule has 8 heteroatoms. The molecule has 4 aliphatic rings. The van der Waals surface area contributed by atoms with Crippen molar-refractivity contribution in [2.75, 3.05) is 26.2 Å². The number of rotatable bonds is 4. The lowest BCUT2D eigenvalue weighted by molar-refractivity contribution is -0.136. The Hall–Kier alpha value is -2.76. The average molecular weight is 422 g/mol. The number of likely N-dealkylation sites (tertiary alicyclic amines) is 1. The second-order valence-corrected chi connectivity index (χ2v) is 9.24. The summed E-state index contributed by atoms with van der Waals surface area (Å²) < 4.78 is 0. The molecule has 2 N–H and O–H groups in total. The third kappa shape index (κ3) is 3.42. The molecule has 5 rings (SSSR count). The van der Waals surface area contributed by atoms with Crippen molar-refractivity contribution in [2.24, 2.45) is 11.3 Å². The van der Waals surface area contributed by atoms with Crippen LogP contribution in [-0.4, -0.2) is 59.7 Å². The van der Waals surface area contributed by atoms with Gasteiger partial charge in [-0.2, -0.15) is 5.26 Å². The van der Waals surface area contributed by atoms with E-state index in [1.807, 2.05) is 12.1 Å². The average Bonchev–Trinajstić information content (AvgIpc) is 3.06. The number of carbonyl (C=O) groups excluding carboxylic acids is 3. The second kappa shape index (κ2) is 7.74. The van der Waals surface area contributed by atoms with Gasteiger partial charge < -0.3 is 10.2 Å². The molecule has 31 heavy (non-hydrogen) atoms. The summed E-state index contributed by atoms with van der Waals surface area (Å²) in [7, 11) is 0. The monoisotopic (exact) mass is 421 g/mol. The maximum atomic E-state index is 13.0. The third-order valence-electron chi connectivity index (χ3n) is 7.61. The van der Waals surface area contributed by atoms with Crippen LogP contribution in [0, 0.1) is 22.7 Å². The first-order valence-electron chi connectivity index (χ1n) is 11.1. The predicted molar refractivity (Wildman–Crippen MR) is 111 cm³/mol. The van der Waals surface area contributed by atoms with Gasteiger partial charge in [0.25, 0.3) is 5.91 Å². The van der Waals surface area contributed by atoms with E-state index >= 15 is 0 Å². The van der Waals surface area contributed by atoms with Gasteiger partial charge in [0.15, 0.2) is 0 Å². The molecular formula is C23H27N5O3. The highest BCUT2D eigenvalue weighted by molar-refractivity contribution is 6.05. The minimum atomic E-state index is -0.590. The molecule has 0 bridgehead atoms. The highest BCUT2D eigenvalue weighted by atomic mass is 16.2. The van der Waals surface area contributed by atoms with Gasteiger partial charge in [0.05, 0.1) is 11.5 Å². The number of benzene rings is 1. The van der Waals surface area contributed by atoms with E-state index in [2.05, 4.69) is 27.7 Å². The smallest absolute Gasteiger partial charge is 0.255 e. The molecular weight excluding hydrogens is 394 g/mol. The van der Waals surface area contributed by atoms with Crippen LogP contribution in [0.4, 0.5) is 0 Å². The topological polar surface area (TPSA) is 106 Å². The number of carbonyl (C=O) groups is 3. The van der Waals surface area contributed by atoms with Crippen molar-refractivity contribution < 1.29 is 14.4 Å². The quantitative estimate of drug-likeness (QED) is 0.696. The van der Waals surface area contributed by atoms with Gasteiger partial charge in [-0.05, 0) is 36.5 Å². The van der Waals surface area contributed by atoms with E-state index in [4.69, 9.17) is 0 Å². The molecule has 162 valence electrons. The molecule has 3 saturated heterocycles. The highest BCUT2D eigenvalue weighted by Crippen LogP contribution is 2.41. The van der Waals surface area contributed by atoms with E-state index in [1.165, 1.54) is 0 Å². The van der Waals surface area contributed by atoms with Crippen molar-refractivity contribution in [3.05, 3.63) is 34.9 Å². The second-order valence-electron chi connectivity index (χ2n) is 9.24. The first-order chi connectivity index (χ1) is 15.0. The SMILES string of the molecule is N#CC1(C2CNC2)CCN(Cc2cccc3c2CN(C2CCC(=O)NC2=O)C3=O)CC1. The van der Waals surface area contributed by atoms with Gasteiger partial charge in [-0.15, -0.1) is 0 Å². The van der Waals surface area contributed by atoms with Crippen LogP contribution >= 0.6 is 0 Å². The Labute approximate surface area is 181 Å². The zero-order valence-electron chi connectivity index (χ0n) is 17.5. The number of imide groups is 1. The summed E-state index contributed by atoms with van der Waals surface area (Å²) in [5, 5.41) is 15.5. The molecule has 0 saturated carbocycles. The Kier molecular flexibility index (Phi) is 5.03. The minimum absolute atomic E-state index is 0.133. The van der Waals surface area contributed by atoms with Gasteiger partial charge in [0.1, 0.15) is 6.04 Å². The number of fused-ring (bicyclic) bond motifs is 1. The van der Waals surface area contributed by atoms with Crippen molar-refractivity contribution in [3.8, 4) is 6.07 Å². The number of piperidine rings is 2.